The van der Waals surface area contributed by atoms with Gasteiger partial charge in [-0.2, -0.15) is 8.78 Å². The van der Waals surface area contributed by atoms with Crippen LogP contribution in [0.25, 0.3) is 5.57 Å². The molecule has 9 heteroatoms. The van der Waals surface area contributed by atoms with Gasteiger partial charge in [0.2, 0.25) is 0 Å². The Morgan fingerprint density at radius 1 is 1.23 bits per heavy atom. The van der Waals surface area contributed by atoms with Crippen LogP contribution in [-0.4, -0.2) is 22.6 Å². The summed E-state index contributed by atoms with van der Waals surface area (Å²) in [5.41, 5.74) is -0.610. The van der Waals surface area contributed by atoms with Crippen molar-refractivity contribution in [1.29, 1.82) is 0 Å². The lowest BCUT2D eigenvalue weighted by atomic mass is 9.96. The standard InChI is InChI=1S/C17H12ClF2NO5/c18-14-7-2-1-5-12(14)11(9-26-17(19)20)8-10-4-3-6-13(16(22)23)15(10)21(24)25/h1-7,9,17H,8H2,(H,22,23). The highest BCUT2D eigenvalue weighted by molar-refractivity contribution is 6.32. The summed E-state index contributed by atoms with van der Waals surface area (Å²) in [6.45, 7) is -3.09. The minimum Gasteiger partial charge on any atom is -0.477 e. The molecule has 0 radical (unpaired) electrons. The molecule has 0 spiro atoms. The summed E-state index contributed by atoms with van der Waals surface area (Å²) in [6, 6.07) is 10.1. The summed E-state index contributed by atoms with van der Waals surface area (Å²) in [4.78, 5) is 21.8. The highest BCUT2D eigenvalue weighted by atomic mass is 35.5. The number of rotatable bonds is 7. The maximum Gasteiger partial charge on any atom is 0.386 e. The smallest absolute Gasteiger partial charge is 0.386 e. The average Bonchev–Trinajstić information content (AvgIpc) is 2.58. The second-order valence-corrected chi connectivity index (χ2v) is 5.48. The number of allylic oxidation sites excluding steroid dienone is 1. The number of hydrogen-bond donors (Lipinski definition) is 1. The molecule has 2 rings (SSSR count). The molecule has 0 heterocycles. The van der Waals surface area contributed by atoms with Gasteiger partial charge in [-0.15, -0.1) is 0 Å². The number of aromatic carboxylic acids is 1. The molecule has 136 valence electrons. The van der Waals surface area contributed by atoms with Crippen molar-refractivity contribution in [3.05, 3.63) is 80.6 Å². The minimum absolute atomic E-state index is 0.0268. The fraction of sp³-hybridized carbons (Fsp3) is 0.118. The maximum absolute atomic E-state index is 12.4. The van der Waals surface area contributed by atoms with Gasteiger partial charge < -0.3 is 9.84 Å². The third-order valence-corrected chi connectivity index (χ3v) is 3.78. The first kappa shape index (κ1) is 19.3. The SMILES string of the molecule is O=C(O)c1cccc(CC(=COC(F)F)c2ccccc2Cl)c1[N+](=O)[O-]. The number of carbonyl (C=O) groups is 1. The van der Waals surface area contributed by atoms with E-state index in [4.69, 9.17) is 16.7 Å². The van der Waals surface area contributed by atoms with E-state index in [1.165, 1.54) is 24.3 Å². The van der Waals surface area contributed by atoms with Gasteiger partial charge in [0.15, 0.2) is 0 Å². The number of alkyl halides is 2. The zero-order valence-corrected chi connectivity index (χ0v) is 13.8. The highest BCUT2D eigenvalue weighted by Crippen LogP contribution is 2.32. The average molecular weight is 384 g/mol. The maximum atomic E-state index is 12.4. The van der Waals surface area contributed by atoms with Crippen LogP contribution < -0.4 is 0 Å². The molecule has 1 N–H and O–H groups in total. The third-order valence-electron chi connectivity index (χ3n) is 3.45. The summed E-state index contributed by atoms with van der Waals surface area (Å²) in [5.74, 6) is -1.47. The Kier molecular flexibility index (Phi) is 6.24. The molecule has 26 heavy (non-hydrogen) atoms. The van der Waals surface area contributed by atoms with Crippen molar-refractivity contribution in [3.8, 4) is 0 Å². The van der Waals surface area contributed by atoms with Gasteiger partial charge in [0.25, 0.3) is 5.69 Å². The van der Waals surface area contributed by atoms with Crippen molar-refractivity contribution < 1.29 is 28.3 Å². The van der Waals surface area contributed by atoms with Crippen LogP contribution in [0, 0.1) is 10.1 Å². The van der Waals surface area contributed by atoms with E-state index in [2.05, 4.69) is 4.74 Å². The Hall–Kier alpha value is -3.00. The van der Waals surface area contributed by atoms with E-state index in [0.717, 1.165) is 12.3 Å². The van der Waals surface area contributed by atoms with Crippen molar-refractivity contribution in [2.45, 2.75) is 13.0 Å². The highest BCUT2D eigenvalue weighted by Gasteiger charge is 2.25. The molecular weight excluding hydrogens is 372 g/mol. The second-order valence-electron chi connectivity index (χ2n) is 5.07. The number of halogens is 3. The van der Waals surface area contributed by atoms with E-state index in [1.54, 1.807) is 12.1 Å². The summed E-state index contributed by atoms with van der Waals surface area (Å²) in [5, 5.41) is 20.7. The van der Waals surface area contributed by atoms with Crippen LogP contribution in [0.1, 0.15) is 21.5 Å². The lowest BCUT2D eigenvalue weighted by Crippen LogP contribution is -2.07. The van der Waals surface area contributed by atoms with Gasteiger partial charge in [-0.05, 0) is 17.7 Å². The van der Waals surface area contributed by atoms with Crippen LogP contribution in [-0.2, 0) is 11.2 Å². The molecule has 0 aliphatic carbocycles. The number of nitro groups is 1. The fourth-order valence-corrected chi connectivity index (χ4v) is 2.64. The largest absolute Gasteiger partial charge is 0.477 e. The number of nitrogens with zero attached hydrogens (tertiary/aromatic N) is 1. The van der Waals surface area contributed by atoms with Crippen LogP contribution in [0.5, 0.6) is 0 Å². The lowest BCUT2D eigenvalue weighted by molar-refractivity contribution is -0.385. The Morgan fingerprint density at radius 3 is 2.46 bits per heavy atom. The lowest BCUT2D eigenvalue weighted by Gasteiger charge is -2.12. The summed E-state index contributed by atoms with van der Waals surface area (Å²) in [6.07, 6.45) is 0.539. The van der Waals surface area contributed by atoms with E-state index >= 15 is 0 Å². The molecule has 0 saturated heterocycles. The Morgan fingerprint density at radius 2 is 1.88 bits per heavy atom. The van der Waals surface area contributed by atoms with Gasteiger partial charge in [-0.25, -0.2) is 4.79 Å². The van der Waals surface area contributed by atoms with Crippen LogP contribution in [0.15, 0.2) is 48.7 Å². The van der Waals surface area contributed by atoms with Gasteiger partial charge in [0.1, 0.15) is 5.56 Å². The van der Waals surface area contributed by atoms with Crippen molar-refractivity contribution in [2.75, 3.05) is 0 Å². The van der Waals surface area contributed by atoms with Gasteiger partial charge in [0, 0.05) is 22.6 Å². The zero-order valence-electron chi connectivity index (χ0n) is 13.1. The Bertz CT molecular complexity index is 870. The summed E-state index contributed by atoms with van der Waals surface area (Å²) in [7, 11) is 0. The topological polar surface area (TPSA) is 89.7 Å². The molecule has 0 atom stereocenters. The number of ether oxygens (including phenoxy) is 1. The minimum atomic E-state index is -3.09. The molecular formula is C17H12ClF2NO5. The van der Waals surface area contributed by atoms with E-state index < -0.39 is 28.8 Å². The zero-order chi connectivity index (χ0) is 19.3. The predicted octanol–water partition coefficient (Wildman–Crippen LogP) is 4.77. The van der Waals surface area contributed by atoms with E-state index in [-0.39, 0.29) is 22.6 Å². The van der Waals surface area contributed by atoms with Crippen molar-refractivity contribution >= 4 is 28.8 Å². The summed E-state index contributed by atoms with van der Waals surface area (Å²) < 4.78 is 29.1. The van der Waals surface area contributed by atoms with Crippen LogP contribution in [0.4, 0.5) is 14.5 Å². The van der Waals surface area contributed by atoms with E-state index in [9.17, 15) is 23.7 Å². The quantitative estimate of drug-likeness (QED) is 0.422. The van der Waals surface area contributed by atoms with Crippen molar-refractivity contribution in [2.24, 2.45) is 0 Å². The van der Waals surface area contributed by atoms with Crippen LogP contribution in [0.3, 0.4) is 0 Å². The molecule has 0 bridgehead atoms. The fourth-order valence-electron chi connectivity index (χ4n) is 2.38. The molecule has 0 fully saturated rings. The number of carboxylic acid groups (broad SMARTS) is 1. The summed E-state index contributed by atoms with van der Waals surface area (Å²) >= 11 is 6.07. The van der Waals surface area contributed by atoms with Gasteiger partial charge in [-0.1, -0.05) is 41.9 Å². The first-order valence-corrected chi connectivity index (χ1v) is 7.56. The van der Waals surface area contributed by atoms with Crippen LogP contribution >= 0.6 is 11.6 Å². The van der Waals surface area contributed by atoms with Gasteiger partial charge in [-0.3, -0.25) is 10.1 Å². The van der Waals surface area contributed by atoms with Crippen molar-refractivity contribution in [1.82, 2.24) is 0 Å². The number of benzene rings is 2. The molecule has 2 aromatic carbocycles. The third kappa shape index (κ3) is 4.54. The first-order chi connectivity index (χ1) is 12.3. The molecule has 0 saturated carbocycles. The molecule has 0 amide bonds. The Labute approximate surface area is 151 Å². The number of nitro benzene ring substituents is 1. The van der Waals surface area contributed by atoms with E-state index in [1.807, 2.05) is 0 Å². The molecule has 0 aliphatic heterocycles. The van der Waals surface area contributed by atoms with E-state index in [0.29, 0.717) is 5.56 Å². The number of para-hydroxylation sites is 1. The van der Waals surface area contributed by atoms with Crippen molar-refractivity contribution in [3.63, 3.8) is 0 Å². The number of hydrogen-bond acceptors (Lipinski definition) is 4. The normalized spacial score (nSPS) is 11.5. The second kappa shape index (κ2) is 8.39. The molecule has 0 aliphatic rings. The molecule has 0 aromatic heterocycles. The molecule has 6 nitrogen and oxygen atoms in total. The van der Waals surface area contributed by atoms with Crippen LogP contribution in [0.2, 0.25) is 5.02 Å². The van der Waals surface area contributed by atoms with Gasteiger partial charge in [0.05, 0.1) is 11.2 Å². The predicted molar refractivity (Wildman–Crippen MR) is 90.3 cm³/mol. The number of carboxylic acids is 1. The van der Waals surface area contributed by atoms with Gasteiger partial charge >= 0.3 is 12.6 Å². The Balaban J connectivity index is 2.55. The molecule has 2 aromatic rings. The molecule has 0 unspecified atom stereocenters. The monoisotopic (exact) mass is 383 g/mol. The first-order valence-electron chi connectivity index (χ1n) is 7.18.